The Hall–Kier alpha value is -0.660. The van der Waals surface area contributed by atoms with Crippen molar-refractivity contribution in [2.75, 3.05) is 26.4 Å². The number of rotatable bonds is 5. The average molecular weight is 237 g/mol. The normalized spacial score (nSPS) is 22.6. The summed E-state index contributed by atoms with van der Waals surface area (Å²) in [4.78, 5) is 11.4. The van der Waals surface area contributed by atoms with Crippen LogP contribution in [0.2, 0.25) is 0 Å². The van der Waals surface area contributed by atoms with Gasteiger partial charge in [-0.25, -0.2) is 12.7 Å². The first-order chi connectivity index (χ1) is 6.85. The molecule has 6 nitrogen and oxygen atoms in total. The van der Waals surface area contributed by atoms with Gasteiger partial charge in [0, 0.05) is 0 Å². The molecule has 15 heavy (non-hydrogen) atoms. The first-order valence-electron chi connectivity index (χ1n) is 4.61. The first-order valence-corrected chi connectivity index (χ1v) is 6.05. The molecule has 0 spiro atoms. The van der Waals surface area contributed by atoms with Gasteiger partial charge >= 0.3 is 0 Å². The zero-order valence-electron chi connectivity index (χ0n) is 8.76. The lowest BCUT2D eigenvalue weighted by atomic mass is 10.2. The maximum atomic E-state index is 11.5. The molecule has 0 aliphatic carbocycles. The lowest BCUT2D eigenvalue weighted by molar-refractivity contribution is -0.132. The maximum Gasteiger partial charge on any atom is 0.258 e. The topological polar surface area (TPSA) is 83.9 Å². The number of hydrogen-bond donors (Lipinski definition) is 1. The van der Waals surface area contributed by atoms with Crippen LogP contribution in [0.4, 0.5) is 0 Å². The molecule has 1 heterocycles. The summed E-state index contributed by atoms with van der Waals surface area (Å²) in [7, 11) is -3.50. The second kappa shape index (κ2) is 4.07. The van der Waals surface area contributed by atoms with E-state index in [0.717, 1.165) is 4.31 Å². The fourth-order valence-corrected chi connectivity index (χ4v) is 2.80. The number of aliphatic hydroxyl groups is 1. The summed E-state index contributed by atoms with van der Waals surface area (Å²) in [5.74, 6) is -0.407. The fraction of sp³-hybridized carbons (Fsp3) is 0.875. The van der Waals surface area contributed by atoms with E-state index >= 15 is 0 Å². The van der Waals surface area contributed by atoms with E-state index in [2.05, 4.69) is 0 Å². The molecule has 1 fully saturated rings. The SMILES string of the molecule is CC1(C)C(=O)N(CCOCCO)S1(=O)=O. The van der Waals surface area contributed by atoms with Gasteiger partial charge in [-0.2, -0.15) is 0 Å². The Morgan fingerprint density at radius 2 is 2.00 bits per heavy atom. The van der Waals surface area contributed by atoms with E-state index in [1.165, 1.54) is 13.8 Å². The van der Waals surface area contributed by atoms with Gasteiger partial charge in [-0.3, -0.25) is 4.79 Å². The van der Waals surface area contributed by atoms with E-state index in [4.69, 9.17) is 9.84 Å². The van der Waals surface area contributed by atoms with Gasteiger partial charge in [-0.1, -0.05) is 0 Å². The van der Waals surface area contributed by atoms with E-state index in [1.807, 2.05) is 0 Å². The van der Waals surface area contributed by atoms with Crippen molar-refractivity contribution in [1.29, 1.82) is 0 Å². The lowest BCUT2D eigenvalue weighted by Crippen LogP contribution is -2.67. The predicted octanol–water partition coefficient (Wildman–Crippen LogP) is -1.05. The van der Waals surface area contributed by atoms with Crippen molar-refractivity contribution < 1.29 is 23.1 Å². The zero-order valence-corrected chi connectivity index (χ0v) is 9.58. The Labute approximate surface area is 88.9 Å². The third-order valence-corrected chi connectivity index (χ3v) is 4.74. The summed E-state index contributed by atoms with van der Waals surface area (Å²) in [5.41, 5.74) is 0. The highest BCUT2D eigenvalue weighted by molar-refractivity contribution is 7.94. The number of carbonyl (C=O) groups is 1. The second-order valence-electron chi connectivity index (χ2n) is 3.73. The summed E-state index contributed by atoms with van der Waals surface area (Å²) in [5, 5.41) is 8.42. The molecule has 0 aromatic rings. The Balaban J connectivity index is 2.49. The Morgan fingerprint density at radius 1 is 1.40 bits per heavy atom. The minimum absolute atomic E-state index is 0.0184. The monoisotopic (exact) mass is 237 g/mol. The van der Waals surface area contributed by atoms with E-state index in [-0.39, 0.29) is 26.4 Å². The Bertz CT molecular complexity index is 348. The van der Waals surface area contributed by atoms with Crippen molar-refractivity contribution in [1.82, 2.24) is 4.31 Å². The molecule has 0 aromatic carbocycles. The molecule has 0 radical (unpaired) electrons. The number of hydrogen-bond acceptors (Lipinski definition) is 5. The fourth-order valence-electron chi connectivity index (χ4n) is 1.29. The molecular weight excluding hydrogens is 222 g/mol. The van der Waals surface area contributed by atoms with Crippen molar-refractivity contribution >= 4 is 15.9 Å². The van der Waals surface area contributed by atoms with Gasteiger partial charge in [0.05, 0.1) is 26.4 Å². The smallest absolute Gasteiger partial charge is 0.258 e. The van der Waals surface area contributed by atoms with Crippen LogP contribution in [0.25, 0.3) is 0 Å². The minimum Gasteiger partial charge on any atom is -0.394 e. The van der Waals surface area contributed by atoms with Crippen LogP contribution in [0, 0.1) is 0 Å². The number of aliphatic hydroxyl groups excluding tert-OH is 1. The first kappa shape index (κ1) is 12.4. The lowest BCUT2D eigenvalue weighted by Gasteiger charge is -2.42. The molecular formula is C8H15NO5S. The number of carbonyl (C=O) groups excluding carboxylic acids is 1. The highest BCUT2D eigenvalue weighted by Crippen LogP contribution is 2.34. The van der Waals surface area contributed by atoms with E-state index in [1.54, 1.807) is 0 Å². The van der Waals surface area contributed by atoms with Crippen LogP contribution < -0.4 is 0 Å². The van der Waals surface area contributed by atoms with E-state index < -0.39 is 20.7 Å². The summed E-state index contributed by atoms with van der Waals surface area (Å²) in [6.07, 6.45) is 0. The highest BCUT2D eigenvalue weighted by atomic mass is 32.2. The summed E-state index contributed by atoms with van der Waals surface area (Å²) in [6.45, 7) is 2.93. The number of ether oxygens (including phenoxy) is 1. The quantitative estimate of drug-likeness (QED) is 0.617. The zero-order chi connectivity index (χ0) is 11.7. The molecule has 0 unspecified atom stereocenters. The van der Waals surface area contributed by atoms with Crippen LogP contribution in [0.15, 0.2) is 0 Å². The second-order valence-corrected chi connectivity index (χ2v) is 6.14. The van der Waals surface area contributed by atoms with E-state index in [9.17, 15) is 13.2 Å². The molecule has 88 valence electrons. The van der Waals surface area contributed by atoms with Crippen molar-refractivity contribution in [2.24, 2.45) is 0 Å². The Morgan fingerprint density at radius 3 is 2.47 bits per heavy atom. The van der Waals surface area contributed by atoms with Gasteiger partial charge in [-0.15, -0.1) is 0 Å². The molecule has 1 aliphatic rings. The van der Waals surface area contributed by atoms with Crippen LogP contribution in [0.3, 0.4) is 0 Å². The van der Waals surface area contributed by atoms with Gasteiger partial charge < -0.3 is 9.84 Å². The Kier molecular flexibility index (Phi) is 3.37. The van der Waals surface area contributed by atoms with Gasteiger partial charge in [0.15, 0.2) is 4.75 Å². The van der Waals surface area contributed by atoms with Crippen LogP contribution in [0.5, 0.6) is 0 Å². The molecule has 1 rings (SSSR count). The maximum absolute atomic E-state index is 11.5. The number of sulfonamides is 1. The van der Waals surface area contributed by atoms with Crippen LogP contribution in [-0.4, -0.2) is 54.8 Å². The van der Waals surface area contributed by atoms with E-state index in [0.29, 0.717) is 0 Å². The summed E-state index contributed by atoms with van der Waals surface area (Å²) >= 11 is 0. The standard InChI is InChI=1S/C8H15NO5S/c1-8(2)7(11)9(15(8,12)13)3-5-14-6-4-10/h10H,3-6H2,1-2H3. The van der Waals surface area contributed by atoms with Crippen molar-refractivity contribution in [3.8, 4) is 0 Å². The minimum atomic E-state index is -3.50. The van der Waals surface area contributed by atoms with Crippen LogP contribution >= 0.6 is 0 Å². The molecule has 1 saturated heterocycles. The molecule has 1 N–H and O–H groups in total. The average Bonchev–Trinajstić information content (AvgIpc) is 2.16. The number of nitrogens with zero attached hydrogens (tertiary/aromatic N) is 1. The summed E-state index contributed by atoms with van der Waals surface area (Å²) in [6, 6.07) is 0. The summed E-state index contributed by atoms with van der Waals surface area (Å²) < 4.78 is 27.5. The third kappa shape index (κ3) is 1.86. The third-order valence-electron chi connectivity index (χ3n) is 2.35. The highest BCUT2D eigenvalue weighted by Gasteiger charge is 2.59. The van der Waals surface area contributed by atoms with Gasteiger partial charge in [0.2, 0.25) is 0 Å². The van der Waals surface area contributed by atoms with Crippen molar-refractivity contribution in [3.05, 3.63) is 0 Å². The van der Waals surface area contributed by atoms with Gasteiger partial charge in [0.25, 0.3) is 15.9 Å². The molecule has 0 bridgehead atoms. The molecule has 0 aromatic heterocycles. The number of amides is 1. The largest absolute Gasteiger partial charge is 0.394 e. The van der Waals surface area contributed by atoms with Crippen molar-refractivity contribution in [3.63, 3.8) is 0 Å². The molecule has 1 aliphatic heterocycles. The molecule has 0 atom stereocenters. The van der Waals surface area contributed by atoms with Gasteiger partial charge in [-0.05, 0) is 13.8 Å². The molecule has 1 amide bonds. The van der Waals surface area contributed by atoms with Crippen molar-refractivity contribution in [2.45, 2.75) is 18.6 Å². The predicted molar refractivity (Wildman–Crippen MR) is 52.6 cm³/mol. The van der Waals surface area contributed by atoms with Gasteiger partial charge in [0.1, 0.15) is 0 Å². The molecule has 0 saturated carbocycles. The van der Waals surface area contributed by atoms with Crippen LogP contribution in [-0.2, 0) is 19.6 Å². The molecule has 7 heteroatoms. The van der Waals surface area contributed by atoms with Crippen LogP contribution in [0.1, 0.15) is 13.8 Å².